The van der Waals surface area contributed by atoms with Gasteiger partial charge in [0.05, 0.1) is 11.7 Å². The highest BCUT2D eigenvalue weighted by Gasteiger charge is 2.62. The fraction of sp³-hybridized carbons (Fsp3) is 0.450. The Kier molecular flexibility index (Phi) is 2.31. The molecule has 0 aliphatic heterocycles. The van der Waals surface area contributed by atoms with Crippen molar-refractivity contribution in [2.75, 3.05) is 0 Å². The molecule has 2 aromatic heterocycles. The molecule has 4 nitrogen and oxygen atoms in total. The minimum atomic E-state index is 0.558. The maximum absolute atomic E-state index is 4.81. The molecule has 1 unspecified atom stereocenters. The fourth-order valence-electron chi connectivity index (χ4n) is 4.17. The zero-order chi connectivity index (χ0) is 15.9. The van der Waals surface area contributed by atoms with Crippen LogP contribution in [-0.4, -0.2) is 19.7 Å². The molecule has 3 aliphatic carbocycles. The van der Waals surface area contributed by atoms with Crippen LogP contribution in [0.15, 0.2) is 30.5 Å². The maximum atomic E-state index is 4.81. The molecule has 0 amide bonds. The number of rotatable bonds is 3. The van der Waals surface area contributed by atoms with Gasteiger partial charge in [-0.15, -0.1) is 0 Å². The first-order valence-electron chi connectivity index (χ1n) is 9.06. The molecule has 0 bridgehead atoms. The van der Waals surface area contributed by atoms with Crippen molar-refractivity contribution in [2.45, 2.75) is 50.9 Å². The van der Waals surface area contributed by atoms with Crippen LogP contribution in [0.4, 0.5) is 0 Å². The lowest BCUT2D eigenvalue weighted by molar-refractivity contribution is 0.816. The van der Waals surface area contributed by atoms with E-state index in [2.05, 4.69) is 35.2 Å². The zero-order valence-corrected chi connectivity index (χ0v) is 13.9. The largest absolute Gasteiger partial charge is 0.238 e. The van der Waals surface area contributed by atoms with E-state index in [4.69, 9.17) is 4.98 Å². The molecule has 3 aromatic rings. The van der Waals surface area contributed by atoms with E-state index in [1.807, 2.05) is 16.9 Å². The van der Waals surface area contributed by atoms with E-state index in [1.54, 1.807) is 0 Å². The summed E-state index contributed by atoms with van der Waals surface area (Å²) in [5.41, 5.74) is 4.37. The molecule has 0 radical (unpaired) electrons. The van der Waals surface area contributed by atoms with Crippen molar-refractivity contribution in [1.29, 1.82) is 0 Å². The normalized spacial score (nSPS) is 23.8. The van der Waals surface area contributed by atoms with Crippen LogP contribution in [0.5, 0.6) is 0 Å². The van der Waals surface area contributed by atoms with Crippen LogP contribution < -0.4 is 0 Å². The minimum Gasteiger partial charge on any atom is -0.238 e. The van der Waals surface area contributed by atoms with Crippen LogP contribution in [0.3, 0.4) is 0 Å². The van der Waals surface area contributed by atoms with Gasteiger partial charge in [0.2, 0.25) is 0 Å². The van der Waals surface area contributed by atoms with Crippen molar-refractivity contribution in [3.8, 4) is 5.82 Å². The molecule has 6 rings (SSSR count). The number of benzene rings is 1. The number of nitrogens with zero attached hydrogens (tertiary/aromatic N) is 4. The predicted octanol–water partition coefficient (Wildman–Crippen LogP) is 4.27. The molecule has 24 heavy (non-hydrogen) atoms. The molecule has 2 heterocycles. The molecule has 3 saturated carbocycles. The molecular formula is C20H20N4. The highest BCUT2D eigenvalue weighted by atomic mass is 15.3. The highest BCUT2D eigenvalue weighted by Crippen LogP contribution is 2.75. The van der Waals surface area contributed by atoms with Gasteiger partial charge in [0.15, 0.2) is 5.82 Å². The van der Waals surface area contributed by atoms with Gasteiger partial charge in [-0.25, -0.2) is 14.6 Å². The summed E-state index contributed by atoms with van der Waals surface area (Å²) in [6.07, 6.45) is 8.61. The first-order chi connectivity index (χ1) is 11.7. The lowest BCUT2D eigenvalue weighted by Crippen LogP contribution is -2.05. The van der Waals surface area contributed by atoms with Gasteiger partial charge in [-0.1, -0.05) is 12.1 Å². The smallest absolute Gasteiger partial charge is 0.157 e. The average molecular weight is 316 g/mol. The Labute approximate surface area is 140 Å². The zero-order valence-electron chi connectivity index (χ0n) is 13.9. The summed E-state index contributed by atoms with van der Waals surface area (Å²) < 4.78 is 2.00. The van der Waals surface area contributed by atoms with Crippen molar-refractivity contribution in [1.82, 2.24) is 19.7 Å². The summed E-state index contributed by atoms with van der Waals surface area (Å²) in [5, 5.41) is 5.82. The highest BCUT2D eigenvalue weighted by molar-refractivity contribution is 5.81. The summed E-state index contributed by atoms with van der Waals surface area (Å²) >= 11 is 0. The van der Waals surface area contributed by atoms with Crippen LogP contribution >= 0.6 is 0 Å². The lowest BCUT2D eigenvalue weighted by Gasteiger charge is -2.07. The van der Waals surface area contributed by atoms with Crippen LogP contribution in [0, 0.1) is 12.3 Å². The van der Waals surface area contributed by atoms with Gasteiger partial charge in [0.25, 0.3) is 0 Å². The van der Waals surface area contributed by atoms with E-state index in [1.165, 1.54) is 48.6 Å². The molecule has 3 fully saturated rings. The number of aromatic nitrogens is 4. The third-order valence-corrected chi connectivity index (χ3v) is 6.10. The first-order valence-corrected chi connectivity index (χ1v) is 9.06. The quantitative estimate of drug-likeness (QED) is 0.725. The van der Waals surface area contributed by atoms with Gasteiger partial charge >= 0.3 is 0 Å². The van der Waals surface area contributed by atoms with Gasteiger partial charge in [-0.05, 0) is 62.0 Å². The van der Waals surface area contributed by atoms with Gasteiger partial charge in [-0.3, -0.25) is 0 Å². The molecular weight excluding hydrogens is 296 g/mol. The van der Waals surface area contributed by atoms with Crippen LogP contribution in [0.2, 0.25) is 0 Å². The number of hydrogen-bond donors (Lipinski definition) is 0. The van der Waals surface area contributed by atoms with E-state index in [9.17, 15) is 0 Å². The fourth-order valence-corrected chi connectivity index (χ4v) is 4.17. The summed E-state index contributed by atoms with van der Waals surface area (Å²) in [6.45, 7) is 2.05. The molecule has 1 aromatic carbocycles. The van der Waals surface area contributed by atoms with Crippen LogP contribution in [0.1, 0.15) is 61.0 Å². The van der Waals surface area contributed by atoms with Crippen molar-refractivity contribution < 1.29 is 0 Å². The number of hydrogen-bond acceptors (Lipinski definition) is 3. The average Bonchev–Trinajstić information content (AvgIpc) is 3.48. The van der Waals surface area contributed by atoms with Gasteiger partial charge in [0.1, 0.15) is 5.82 Å². The number of aryl methyl sites for hydroxylation is 1. The Morgan fingerprint density at radius 2 is 2.00 bits per heavy atom. The van der Waals surface area contributed by atoms with Crippen molar-refractivity contribution >= 4 is 10.9 Å². The second-order valence-electron chi connectivity index (χ2n) is 7.99. The first kappa shape index (κ1) is 13.1. The maximum Gasteiger partial charge on any atom is 0.157 e. The van der Waals surface area contributed by atoms with E-state index < -0.39 is 0 Å². The van der Waals surface area contributed by atoms with Crippen molar-refractivity contribution in [2.24, 2.45) is 5.41 Å². The predicted molar refractivity (Wildman–Crippen MR) is 92.4 cm³/mol. The monoisotopic (exact) mass is 316 g/mol. The van der Waals surface area contributed by atoms with E-state index in [0.717, 1.165) is 23.3 Å². The van der Waals surface area contributed by atoms with E-state index in [-0.39, 0.29) is 0 Å². The van der Waals surface area contributed by atoms with Gasteiger partial charge in [0, 0.05) is 23.1 Å². The van der Waals surface area contributed by atoms with Gasteiger partial charge in [-0.2, -0.15) is 5.10 Å². The Hall–Kier alpha value is -2.23. The van der Waals surface area contributed by atoms with Crippen LogP contribution in [-0.2, 0) is 0 Å². The third kappa shape index (κ3) is 1.89. The molecule has 3 aliphatic rings. The van der Waals surface area contributed by atoms with Crippen molar-refractivity contribution in [3.05, 3.63) is 47.5 Å². The molecule has 120 valence electrons. The third-order valence-electron chi connectivity index (χ3n) is 6.10. The second kappa shape index (κ2) is 4.24. The van der Waals surface area contributed by atoms with Crippen molar-refractivity contribution in [3.63, 3.8) is 0 Å². The van der Waals surface area contributed by atoms with Gasteiger partial charge < -0.3 is 0 Å². The SMILES string of the molecule is Cc1cc(-n2ncc3ccc(C4CC45CC5)cc32)nc(C2CC2)n1. The topological polar surface area (TPSA) is 43.6 Å². The Morgan fingerprint density at radius 3 is 2.75 bits per heavy atom. The van der Waals surface area contributed by atoms with E-state index >= 15 is 0 Å². The Balaban J connectivity index is 1.48. The Bertz CT molecular complexity index is 978. The lowest BCUT2D eigenvalue weighted by atomic mass is 10.1. The standard InChI is InChI=1S/C20H20N4/c1-12-8-18(23-19(22-12)13-2-3-13)24-17-9-14(4-5-15(17)11-21-24)16-10-20(16)6-7-20/h4-5,8-9,11,13,16H,2-3,6-7,10H2,1H3. The summed E-state index contributed by atoms with van der Waals surface area (Å²) in [4.78, 5) is 9.43. The minimum absolute atomic E-state index is 0.558. The molecule has 4 heteroatoms. The summed E-state index contributed by atoms with van der Waals surface area (Å²) in [6, 6.07) is 8.91. The summed E-state index contributed by atoms with van der Waals surface area (Å²) in [5.74, 6) is 3.24. The molecule has 0 N–H and O–H groups in total. The van der Waals surface area contributed by atoms with E-state index in [0.29, 0.717) is 11.3 Å². The second-order valence-corrected chi connectivity index (χ2v) is 7.99. The Morgan fingerprint density at radius 1 is 1.12 bits per heavy atom. The number of fused-ring (bicyclic) bond motifs is 1. The summed E-state index contributed by atoms with van der Waals surface area (Å²) in [7, 11) is 0. The molecule has 1 atom stereocenters. The van der Waals surface area contributed by atoms with Crippen LogP contribution in [0.25, 0.3) is 16.7 Å². The molecule has 0 saturated heterocycles. The molecule has 1 spiro atoms.